The third kappa shape index (κ3) is 3.70. The molecule has 6 heteroatoms. The minimum atomic E-state index is -1.05. The second-order valence-corrected chi connectivity index (χ2v) is 5.52. The minimum Gasteiger partial charge on any atom is -0.477 e. The van der Waals surface area contributed by atoms with Crippen LogP contribution in [0.3, 0.4) is 0 Å². The summed E-state index contributed by atoms with van der Waals surface area (Å²) in [6, 6.07) is 9.26. The van der Waals surface area contributed by atoms with E-state index in [1.807, 2.05) is 18.2 Å². The Labute approximate surface area is 127 Å². The van der Waals surface area contributed by atoms with Gasteiger partial charge in [0, 0.05) is 23.6 Å². The van der Waals surface area contributed by atoms with E-state index in [0.717, 1.165) is 18.4 Å². The summed E-state index contributed by atoms with van der Waals surface area (Å²) in [5.74, 6) is -0.00849. The summed E-state index contributed by atoms with van der Waals surface area (Å²) in [7, 11) is 0. The van der Waals surface area contributed by atoms with Gasteiger partial charge >= 0.3 is 5.97 Å². The lowest BCUT2D eigenvalue weighted by molar-refractivity contribution is 0.0690. The Morgan fingerprint density at radius 2 is 2.14 bits per heavy atom. The molecule has 1 aliphatic carbocycles. The third-order valence-corrected chi connectivity index (χ3v) is 3.41. The normalized spacial score (nSPS) is 14.0. The van der Waals surface area contributed by atoms with Gasteiger partial charge < -0.3 is 10.4 Å². The maximum Gasteiger partial charge on any atom is 0.354 e. The number of rotatable bonds is 5. The molecule has 21 heavy (non-hydrogen) atoms. The number of anilines is 1. The van der Waals surface area contributed by atoms with E-state index in [2.05, 4.69) is 15.3 Å². The summed E-state index contributed by atoms with van der Waals surface area (Å²) in [5.41, 5.74) is 0.951. The van der Waals surface area contributed by atoms with Crippen molar-refractivity contribution in [2.24, 2.45) is 0 Å². The third-order valence-electron chi connectivity index (χ3n) is 3.17. The molecule has 0 aliphatic heterocycles. The molecule has 5 nitrogen and oxygen atoms in total. The van der Waals surface area contributed by atoms with Crippen LogP contribution in [-0.4, -0.2) is 27.1 Å². The highest BCUT2D eigenvalue weighted by molar-refractivity contribution is 6.30. The zero-order chi connectivity index (χ0) is 14.8. The van der Waals surface area contributed by atoms with E-state index < -0.39 is 5.97 Å². The van der Waals surface area contributed by atoms with Gasteiger partial charge in [-0.3, -0.25) is 0 Å². The molecule has 0 unspecified atom stereocenters. The van der Waals surface area contributed by atoms with E-state index in [4.69, 9.17) is 16.7 Å². The van der Waals surface area contributed by atoms with Crippen molar-refractivity contribution >= 4 is 23.4 Å². The number of aromatic carboxylic acids is 1. The number of hydrogen-bond donors (Lipinski definition) is 2. The van der Waals surface area contributed by atoms with E-state index in [9.17, 15) is 4.79 Å². The SMILES string of the molecule is O=C(O)c1cc(NC2CC2)nc(Cc2cccc(Cl)c2)n1. The maximum atomic E-state index is 11.2. The highest BCUT2D eigenvalue weighted by Gasteiger charge is 2.22. The molecule has 1 saturated carbocycles. The maximum absolute atomic E-state index is 11.2. The van der Waals surface area contributed by atoms with Crippen molar-refractivity contribution in [1.82, 2.24) is 9.97 Å². The van der Waals surface area contributed by atoms with Crippen molar-refractivity contribution in [3.05, 3.63) is 52.4 Å². The number of nitrogens with one attached hydrogen (secondary N) is 1. The van der Waals surface area contributed by atoms with E-state index in [1.54, 1.807) is 6.07 Å². The van der Waals surface area contributed by atoms with Crippen molar-refractivity contribution in [2.45, 2.75) is 25.3 Å². The van der Waals surface area contributed by atoms with Gasteiger partial charge in [0.05, 0.1) is 0 Å². The Hall–Kier alpha value is -2.14. The van der Waals surface area contributed by atoms with Crippen LogP contribution in [0.5, 0.6) is 0 Å². The van der Waals surface area contributed by atoms with Crippen LogP contribution >= 0.6 is 11.6 Å². The molecule has 2 aromatic rings. The monoisotopic (exact) mass is 303 g/mol. The quantitative estimate of drug-likeness (QED) is 0.888. The zero-order valence-electron chi connectivity index (χ0n) is 11.2. The van der Waals surface area contributed by atoms with Gasteiger partial charge in [-0.1, -0.05) is 23.7 Å². The van der Waals surface area contributed by atoms with Crippen LogP contribution in [0.2, 0.25) is 5.02 Å². The van der Waals surface area contributed by atoms with Crippen LogP contribution in [0.1, 0.15) is 34.7 Å². The van der Waals surface area contributed by atoms with Gasteiger partial charge in [-0.15, -0.1) is 0 Å². The predicted molar refractivity (Wildman–Crippen MR) is 79.9 cm³/mol. The van der Waals surface area contributed by atoms with Gasteiger partial charge in [0.15, 0.2) is 5.69 Å². The second kappa shape index (κ2) is 5.69. The Morgan fingerprint density at radius 1 is 1.33 bits per heavy atom. The highest BCUT2D eigenvalue weighted by atomic mass is 35.5. The van der Waals surface area contributed by atoms with Gasteiger partial charge in [-0.25, -0.2) is 14.8 Å². The van der Waals surface area contributed by atoms with Crippen molar-refractivity contribution in [1.29, 1.82) is 0 Å². The summed E-state index contributed by atoms with van der Waals surface area (Å²) < 4.78 is 0. The molecule has 0 radical (unpaired) electrons. The van der Waals surface area contributed by atoms with Gasteiger partial charge in [0.2, 0.25) is 0 Å². The van der Waals surface area contributed by atoms with Crippen LogP contribution in [0.25, 0.3) is 0 Å². The molecule has 1 heterocycles. The first-order valence-corrected chi connectivity index (χ1v) is 7.10. The minimum absolute atomic E-state index is 0.00479. The van der Waals surface area contributed by atoms with Crippen LogP contribution < -0.4 is 5.32 Å². The number of carboxylic acid groups (broad SMARTS) is 1. The van der Waals surface area contributed by atoms with E-state index in [-0.39, 0.29) is 5.69 Å². The van der Waals surface area contributed by atoms with Crippen molar-refractivity contribution in [3.63, 3.8) is 0 Å². The van der Waals surface area contributed by atoms with Crippen LogP contribution in [0.15, 0.2) is 30.3 Å². The average Bonchev–Trinajstić information content (AvgIpc) is 3.22. The molecule has 3 rings (SSSR count). The van der Waals surface area contributed by atoms with Crippen molar-refractivity contribution < 1.29 is 9.90 Å². The lowest BCUT2D eigenvalue weighted by Crippen LogP contribution is -2.11. The zero-order valence-corrected chi connectivity index (χ0v) is 12.0. The molecule has 0 bridgehead atoms. The topological polar surface area (TPSA) is 75.1 Å². The number of hydrogen-bond acceptors (Lipinski definition) is 4. The van der Waals surface area contributed by atoms with Crippen molar-refractivity contribution in [3.8, 4) is 0 Å². The van der Waals surface area contributed by atoms with Crippen LogP contribution in [-0.2, 0) is 6.42 Å². The number of aromatic nitrogens is 2. The molecule has 1 aromatic heterocycles. The van der Waals surface area contributed by atoms with E-state index in [1.165, 1.54) is 6.07 Å². The van der Waals surface area contributed by atoms with Gasteiger partial charge in [0.25, 0.3) is 0 Å². The largest absolute Gasteiger partial charge is 0.477 e. The fourth-order valence-corrected chi connectivity index (χ4v) is 2.24. The smallest absolute Gasteiger partial charge is 0.354 e. The fourth-order valence-electron chi connectivity index (χ4n) is 2.03. The molecule has 1 aliphatic rings. The summed E-state index contributed by atoms with van der Waals surface area (Å²) in [4.78, 5) is 19.7. The number of nitrogens with zero attached hydrogens (tertiary/aromatic N) is 2. The molecular weight excluding hydrogens is 290 g/mol. The van der Waals surface area contributed by atoms with Gasteiger partial charge in [-0.2, -0.15) is 0 Å². The number of carboxylic acids is 1. The van der Waals surface area contributed by atoms with E-state index >= 15 is 0 Å². The Kier molecular flexibility index (Phi) is 3.75. The Balaban J connectivity index is 1.88. The molecule has 1 fully saturated rings. The lowest BCUT2D eigenvalue weighted by Gasteiger charge is -2.08. The van der Waals surface area contributed by atoms with Crippen LogP contribution in [0.4, 0.5) is 5.82 Å². The lowest BCUT2D eigenvalue weighted by atomic mass is 10.1. The number of halogens is 1. The van der Waals surface area contributed by atoms with Crippen LogP contribution in [0, 0.1) is 0 Å². The predicted octanol–water partition coefficient (Wildman–Crippen LogP) is 2.99. The molecule has 0 amide bonds. The molecule has 2 N–H and O–H groups in total. The molecule has 0 saturated heterocycles. The Morgan fingerprint density at radius 3 is 2.81 bits per heavy atom. The second-order valence-electron chi connectivity index (χ2n) is 5.09. The number of carbonyl (C=O) groups is 1. The molecule has 0 spiro atoms. The molecule has 1 aromatic carbocycles. The fraction of sp³-hybridized carbons (Fsp3) is 0.267. The molecular formula is C15H14ClN3O2. The first-order valence-electron chi connectivity index (χ1n) is 6.72. The Bertz CT molecular complexity index is 686. The van der Waals surface area contributed by atoms with Gasteiger partial charge in [0.1, 0.15) is 11.6 Å². The summed E-state index contributed by atoms with van der Waals surface area (Å²) in [5, 5.41) is 13.0. The van der Waals surface area contributed by atoms with Gasteiger partial charge in [-0.05, 0) is 30.5 Å². The van der Waals surface area contributed by atoms with E-state index in [0.29, 0.717) is 29.1 Å². The molecule has 0 atom stereocenters. The highest BCUT2D eigenvalue weighted by Crippen LogP contribution is 2.24. The summed E-state index contributed by atoms with van der Waals surface area (Å²) in [6.07, 6.45) is 2.63. The summed E-state index contributed by atoms with van der Waals surface area (Å²) in [6.45, 7) is 0. The molecule has 108 valence electrons. The average molecular weight is 304 g/mol. The van der Waals surface area contributed by atoms with Crippen molar-refractivity contribution in [2.75, 3.05) is 5.32 Å². The first-order chi connectivity index (χ1) is 10.1. The summed E-state index contributed by atoms with van der Waals surface area (Å²) >= 11 is 5.95. The number of benzene rings is 1. The first kappa shape index (κ1) is 13.8. The standard InChI is InChI=1S/C15H14ClN3O2/c16-10-3-1-2-9(6-10)7-13-18-12(15(20)21)8-14(19-13)17-11-4-5-11/h1-3,6,8,11H,4-5,7H2,(H,20,21)(H,17,18,19).